The van der Waals surface area contributed by atoms with Crippen molar-refractivity contribution in [3.05, 3.63) is 0 Å². The van der Waals surface area contributed by atoms with Gasteiger partial charge in [-0.1, -0.05) is 6.92 Å². The van der Waals surface area contributed by atoms with Crippen LogP contribution in [0.1, 0.15) is 13.3 Å². The molecule has 0 aromatic heterocycles. The van der Waals surface area contributed by atoms with E-state index in [1.165, 1.54) is 0 Å². The molecule has 0 aliphatic rings. The summed E-state index contributed by atoms with van der Waals surface area (Å²) in [6.45, 7) is 1.12. The van der Waals surface area contributed by atoms with Gasteiger partial charge in [-0.3, -0.25) is 9.59 Å². The highest BCUT2D eigenvalue weighted by atomic mass is 19.4. The lowest BCUT2D eigenvalue weighted by atomic mass is 10.1. The molecular formula is C7H6F6O3. The van der Waals surface area contributed by atoms with Gasteiger partial charge >= 0.3 is 24.3 Å². The van der Waals surface area contributed by atoms with Crippen LogP contribution in [-0.4, -0.2) is 24.3 Å². The van der Waals surface area contributed by atoms with E-state index in [1.807, 2.05) is 0 Å². The second-order valence-corrected chi connectivity index (χ2v) is 2.66. The van der Waals surface area contributed by atoms with Gasteiger partial charge in [0, 0.05) is 6.42 Å². The van der Waals surface area contributed by atoms with E-state index < -0.39 is 36.6 Å². The summed E-state index contributed by atoms with van der Waals surface area (Å²) in [5.41, 5.74) is 0. The fourth-order valence-corrected chi connectivity index (χ4v) is 0.696. The molecule has 0 saturated carbocycles. The molecule has 0 fully saturated rings. The van der Waals surface area contributed by atoms with Gasteiger partial charge in [-0.15, -0.1) is 0 Å². The summed E-state index contributed by atoms with van der Waals surface area (Å²) in [7, 11) is 0. The van der Waals surface area contributed by atoms with Crippen LogP contribution in [0.5, 0.6) is 0 Å². The van der Waals surface area contributed by atoms with E-state index in [2.05, 4.69) is 4.74 Å². The molecule has 16 heavy (non-hydrogen) atoms. The smallest absolute Gasteiger partial charge is 0.392 e. The highest BCUT2D eigenvalue weighted by molar-refractivity contribution is 5.87. The summed E-state index contributed by atoms with van der Waals surface area (Å²) in [5.74, 6) is -8.41. The van der Waals surface area contributed by atoms with Gasteiger partial charge in [-0.05, 0) is 0 Å². The molecule has 0 aromatic carbocycles. The van der Waals surface area contributed by atoms with Crippen LogP contribution in [0, 0.1) is 5.92 Å². The van der Waals surface area contributed by atoms with Crippen molar-refractivity contribution in [2.45, 2.75) is 25.7 Å². The molecular weight excluding hydrogens is 246 g/mol. The van der Waals surface area contributed by atoms with Crippen molar-refractivity contribution >= 4 is 11.9 Å². The number of hydrogen-bond acceptors (Lipinski definition) is 3. The minimum absolute atomic E-state index is 0.506. The zero-order chi connectivity index (χ0) is 13.1. The summed E-state index contributed by atoms with van der Waals surface area (Å²) in [4.78, 5) is 20.9. The van der Waals surface area contributed by atoms with Crippen LogP contribution in [-0.2, 0) is 14.3 Å². The molecule has 0 aliphatic carbocycles. The molecule has 0 spiro atoms. The molecule has 0 radical (unpaired) electrons. The molecule has 0 unspecified atom stereocenters. The van der Waals surface area contributed by atoms with E-state index in [-0.39, 0.29) is 0 Å². The van der Waals surface area contributed by atoms with E-state index in [9.17, 15) is 35.9 Å². The first kappa shape index (κ1) is 14.7. The fourth-order valence-electron chi connectivity index (χ4n) is 0.696. The van der Waals surface area contributed by atoms with Crippen LogP contribution in [0.4, 0.5) is 26.3 Å². The van der Waals surface area contributed by atoms with Gasteiger partial charge in [-0.2, -0.15) is 26.3 Å². The Morgan fingerprint density at radius 2 is 1.44 bits per heavy atom. The molecule has 94 valence electrons. The minimum atomic E-state index is -5.84. The topological polar surface area (TPSA) is 43.4 Å². The number of ether oxygens (including phenoxy) is 1. The van der Waals surface area contributed by atoms with Crippen molar-refractivity contribution in [2.24, 2.45) is 5.92 Å². The highest BCUT2D eigenvalue weighted by Gasteiger charge is 2.62. The maximum atomic E-state index is 11.9. The molecule has 0 bridgehead atoms. The Balaban J connectivity index is 4.94. The average Bonchev–Trinajstić information content (AvgIpc) is 1.97. The Morgan fingerprint density at radius 1 is 1.06 bits per heavy atom. The third kappa shape index (κ3) is 4.07. The van der Waals surface area contributed by atoms with Crippen LogP contribution >= 0.6 is 0 Å². The fraction of sp³-hybridized carbons (Fsp3) is 0.714. The van der Waals surface area contributed by atoms with Crippen molar-refractivity contribution < 1.29 is 40.7 Å². The second-order valence-electron chi connectivity index (χ2n) is 2.66. The van der Waals surface area contributed by atoms with Crippen molar-refractivity contribution in [2.75, 3.05) is 0 Å². The van der Waals surface area contributed by atoms with E-state index in [1.54, 1.807) is 0 Å². The Morgan fingerprint density at radius 3 is 1.69 bits per heavy atom. The number of esters is 2. The summed E-state index contributed by atoms with van der Waals surface area (Å²) in [6.07, 6.45) is -12.2. The number of rotatable bonds is 2. The summed E-state index contributed by atoms with van der Waals surface area (Å²) >= 11 is 0. The molecule has 0 amide bonds. The predicted octanol–water partition coefficient (Wildman–Crippen LogP) is 2.21. The Bertz CT molecular complexity index is 265. The lowest BCUT2D eigenvalue weighted by molar-refractivity contribution is -0.280. The number of alkyl halides is 6. The van der Waals surface area contributed by atoms with Gasteiger partial charge in [-0.25, -0.2) is 0 Å². The maximum absolute atomic E-state index is 11.9. The Hall–Kier alpha value is -1.28. The van der Waals surface area contributed by atoms with Crippen molar-refractivity contribution in [3.8, 4) is 0 Å². The molecule has 0 saturated heterocycles. The standard InChI is InChI=1S/C7H6F6O3/c1-2-3(14)16-5(15)4(6(8,9)10)7(11,12)13/h4H,2H2,1H3. The van der Waals surface area contributed by atoms with Crippen molar-refractivity contribution in [3.63, 3.8) is 0 Å². The van der Waals surface area contributed by atoms with Crippen LogP contribution < -0.4 is 0 Å². The van der Waals surface area contributed by atoms with Crippen LogP contribution in [0.3, 0.4) is 0 Å². The first-order chi connectivity index (χ1) is 7.00. The summed E-state index contributed by atoms with van der Waals surface area (Å²) in [6, 6.07) is 0. The molecule has 0 aromatic rings. The molecule has 9 heteroatoms. The molecule has 3 nitrogen and oxygen atoms in total. The van der Waals surface area contributed by atoms with Gasteiger partial charge < -0.3 is 4.74 Å². The maximum Gasteiger partial charge on any atom is 0.411 e. The summed E-state index contributed by atoms with van der Waals surface area (Å²) < 4.78 is 74.7. The zero-order valence-corrected chi connectivity index (χ0v) is 7.78. The zero-order valence-electron chi connectivity index (χ0n) is 7.78. The van der Waals surface area contributed by atoms with Gasteiger partial charge in [0.25, 0.3) is 0 Å². The van der Waals surface area contributed by atoms with Crippen LogP contribution in [0.2, 0.25) is 0 Å². The van der Waals surface area contributed by atoms with E-state index in [4.69, 9.17) is 0 Å². The first-order valence-electron chi connectivity index (χ1n) is 3.88. The normalized spacial score (nSPS) is 12.8. The second kappa shape index (κ2) is 4.71. The lowest BCUT2D eigenvalue weighted by Gasteiger charge is -2.20. The predicted molar refractivity (Wildman–Crippen MR) is 37.0 cm³/mol. The molecule has 0 N–H and O–H groups in total. The Labute approximate surface area is 85.4 Å². The lowest BCUT2D eigenvalue weighted by Crippen LogP contribution is -2.43. The largest absolute Gasteiger partial charge is 0.411 e. The third-order valence-corrected chi connectivity index (χ3v) is 1.39. The number of carbonyl (C=O) groups excluding carboxylic acids is 2. The van der Waals surface area contributed by atoms with Crippen molar-refractivity contribution in [1.29, 1.82) is 0 Å². The third-order valence-electron chi connectivity index (χ3n) is 1.39. The van der Waals surface area contributed by atoms with Gasteiger partial charge in [0.05, 0.1) is 0 Å². The van der Waals surface area contributed by atoms with Crippen molar-refractivity contribution in [1.82, 2.24) is 0 Å². The summed E-state index contributed by atoms with van der Waals surface area (Å²) in [5, 5.41) is 0. The van der Waals surface area contributed by atoms with Gasteiger partial charge in [0.2, 0.25) is 5.92 Å². The van der Waals surface area contributed by atoms with E-state index in [0.29, 0.717) is 0 Å². The molecule has 0 atom stereocenters. The van der Waals surface area contributed by atoms with E-state index in [0.717, 1.165) is 6.92 Å². The number of hydrogen-bond donors (Lipinski definition) is 0. The monoisotopic (exact) mass is 252 g/mol. The van der Waals surface area contributed by atoms with Gasteiger partial charge in [0.15, 0.2) is 0 Å². The number of halogens is 6. The van der Waals surface area contributed by atoms with Crippen LogP contribution in [0.25, 0.3) is 0 Å². The molecule has 0 heterocycles. The molecule has 0 aliphatic heterocycles. The Kier molecular flexibility index (Phi) is 4.33. The average molecular weight is 252 g/mol. The first-order valence-corrected chi connectivity index (χ1v) is 3.88. The quantitative estimate of drug-likeness (QED) is 0.430. The van der Waals surface area contributed by atoms with E-state index >= 15 is 0 Å². The van der Waals surface area contributed by atoms with Crippen LogP contribution in [0.15, 0.2) is 0 Å². The SMILES string of the molecule is CCC(=O)OC(=O)C(C(F)(F)F)C(F)(F)F. The highest BCUT2D eigenvalue weighted by Crippen LogP contribution is 2.39. The van der Waals surface area contributed by atoms with Gasteiger partial charge in [0.1, 0.15) is 0 Å². The molecule has 0 rings (SSSR count). The minimum Gasteiger partial charge on any atom is -0.392 e. The number of carbonyl (C=O) groups is 2.